The van der Waals surface area contributed by atoms with Crippen molar-refractivity contribution in [2.75, 3.05) is 0 Å². The van der Waals surface area contributed by atoms with Gasteiger partial charge in [-0.1, -0.05) is 30.3 Å². The molecule has 1 aliphatic rings. The highest BCUT2D eigenvalue weighted by molar-refractivity contribution is 5.95. The minimum absolute atomic E-state index is 0.251. The molecule has 0 bridgehead atoms. The van der Waals surface area contributed by atoms with Gasteiger partial charge in [-0.05, 0) is 50.6 Å². The van der Waals surface area contributed by atoms with E-state index in [4.69, 9.17) is 4.74 Å². The van der Waals surface area contributed by atoms with Crippen LogP contribution in [-0.4, -0.2) is 28.2 Å². The molecule has 2 aromatic rings. The van der Waals surface area contributed by atoms with Crippen molar-refractivity contribution in [3.63, 3.8) is 0 Å². The normalized spacial score (nSPS) is 20.9. The van der Waals surface area contributed by atoms with Gasteiger partial charge in [0.05, 0.1) is 5.56 Å². The van der Waals surface area contributed by atoms with E-state index >= 15 is 0 Å². The molecule has 0 aromatic heterocycles. The Bertz CT molecular complexity index is 748. The van der Waals surface area contributed by atoms with Crippen LogP contribution in [0.25, 0.3) is 10.8 Å². The van der Waals surface area contributed by atoms with Crippen molar-refractivity contribution in [1.82, 2.24) is 5.06 Å². The lowest BCUT2D eigenvalue weighted by atomic mass is 9.80. The molecule has 4 nitrogen and oxygen atoms in total. The number of rotatable bonds is 2. The molecule has 3 rings (SSSR count). The van der Waals surface area contributed by atoms with Crippen molar-refractivity contribution in [2.45, 2.75) is 57.7 Å². The van der Waals surface area contributed by atoms with Crippen LogP contribution in [0.4, 0.5) is 0 Å². The second kappa shape index (κ2) is 5.87. The summed E-state index contributed by atoms with van der Waals surface area (Å²) in [6.45, 7) is 7.60. The lowest BCUT2D eigenvalue weighted by Gasteiger charge is -2.49. The van der Waals surface area contributed by atoms with Gasteiger partial charge in [-0.25, -0.2) is 4.79 Å². The largest absolute Gasteiger partial charge is 0.459 e. The topological polar surface area (TPSA) is 49.4 Å². The third-order valence-corrected chi connectivity index (χ3v) is 4.81. The van der Waals surface area contributed by atoms with E-state index in [9.17, 15) is 10.0 Å². The second-order valence-corrected chi connectivity index (χ2v) is 7.92. The molecule has 1 aliphatic heterocycles. The zero-order chi connectivity index (χ0) is 17.5. The van der Waals surface area contributed by atoms with E-state index in [0.717, 1.165) is 15.8 Å². The molecule has 0 aliphatic carbocycles. The summed E-state index contributed by atoms with van der Waals surface area (Å²) >= 11 is 0. The average molecular weight is 326 g/mol. The number of carbonyl (C=O) groups excluding carboxylic acids is 1. The SMILES string of the molecule is CC1(C)CC(OC(=O)c2ccc3ccccc3c2)CC(C)(C)N1[O]. The molecule has 0 amide bonds. The molecule has 1 fully saturated rings. The average Bonchev–Trinajstić information content (AvgIpc) is 2.51. The lowest BCUT2D eigenvalue weighted by molar-refractivity contribution is -0.298. The van der Waals surface area contributed by atoms with E-state index in [2.05, 4.69) is 0 Å². The van der Waals surface area contributed by atoms with Crippen LogP contribution in [0.1, 0.15) is 50.9 Å². The smallest absolute Gasteiger partial charge is 0.338 e. The molecular formula is C20H24NO3. The van der Waals surface area contributed by atoms with Crippen LogP contribution in [0.5, 0.6) is 0 Å². The minimum Gasteiger partial charge on any atom is -0.459 e. The number of benzene rings is 2. The minimum atomic E-state index is -0.546. The Morgan fingerprint density at radius 3 is 2.21 bits per heavy atom. The first kappa shape index (κ1) is 16.9. The molecule has 2 aromatic carbocycles. The molecule has 0 atom stereocenters. The van der Waals surface area contributed by atoms with E-state index in [1.165, 1.54) is 0 Å². The summed E-state index contributed by atoms with van der Waals surface area (Å²) in [5.74, 6) is -0.322. The van der Waals surface area contributed by atoms with Crippen molar-refractivity contribution in [3.8, 4) is 0 Å². The Morgan fingerprint density at radius 1 is 1.00 bits per heavy atom. The van der Waals surface area contributed by atoms with Crippen LogP contribution in [0.2, 0.25) is 0 Å². The molecular weight excluding hydrogens is 302 g/mol. The van der Waals surface area contributed by atoms with Crippen molar-refractivity contribution in [3.05, 3.63) is 48.0 Å². The first-order valence-electron chi connectivity index (χ1n) is 8.36. The Labute approximate surface area is 143 Å². The van der Waals surface area contributed by atoms with E-state index in [1.54, 1.807) is 6.07 Å². The zero-order valence-corrected chi connectivity index (χ0v) is 14.7. The van der Waals surface area contributed by atoms with Crippen molar-refractivity contribution >= 4 is 16.7 Å². The first-order valence-corrected chi connectivity index (χ1v) is 8.36. The predicted molar refractivity (Wildman–Crippen MR) is 93.1 cm³/mol. The number of piperidine rings is 1. The predicted octanol–water partition coefficient (Wildman–Crippen LogP) is 4.36. The van der Waals surface area contributed by atoms with E-state index in [-0.39, 0.29) is 12.1 Å². The summed E-state index contributed by atoms with van der Waals surface area (Å²) in [7, 11) is 0. The summed E-state index contributed by atoms with van der Waals surface area (Å²) in [5.41, 5.74) is -0.541. The molecule has 1 saturated heterocycles. The third-order valence-electron chi connectivity index (χ3n) is 4.81. The standard InChI is InChI=1S/C20H24NO3/c1-19(2)12-17(13-20(3,4)21(19)23)24-18(22)16-10-9-14-7-5-6-8-15(14)11-16/h5-11,17H,12-13H2,1-4H3. The molecule has 1 radical (unpaired) electrons. The maximum atomic E-state index is 12.5. The number of carbonyl (C=O) groups is 1. The van der Waals surface area contributed by atoms with Gasteiger partial charge in [0.15, 0.2) is 0 Å². The van der Waals surface area contributed by atoms with Gasteiger partial charge in [-0.15, -0.1) is 10.3 Å². The van der Waals surface area contributed by atoms with Crippen LogP contribution in [-0.2, 0) is 9.94 Å². The van der Waals surface area contributed by atoms with Gasteiger partial charge in [0, 0.05) is 23.9 Å². The Balaban J connectivity index is 1.78. The Hall–Kier alpha value is -1.91. The van der Waals surface area contributed by atoms with Gasteiger partial charge < -0.3 is 4.74 Å². The molecule has 0 saturated carbocycles. The molecule has 127 valence electrons. The van der Waals surface area contributed by atoms with Crippen LogP contribution in [0.15, 0.2) is 42.5 Å². The maximum Gasteiger partial charge on any atom is 0.338 e. The fourth-order valence-corrected chi connectivity index (χ4v) is 3.79. The molecule has 4 heteroatoms. The number of hydrogen-bond donors (Lipinski definition) is 0. The number of hydroxylamine groups is 2. The fourth-order valence-electron chi connectivity index (χ4n) is 3.79. The number of ether oxygens (including phenoxy) is 1. The van der Waals surface area contributed by atoms with Gasteiger partial charge in [-0.3, -0.25) is 0 Å². The molecule has 0 spiro atoms. The summed E-state index contributed by atoms with van der Waals surface area (Å²) in [5, 5.41) is 15.6. The molecule has 0 unspecified atom stereocenters. The first-order chi connectivity index (χ1) is 11.2. The Kier molecular flexibility index (Phi) is 4.14. The summed E-state index contributed by atoms with van der Waals surface area (Å²) in [6.07, 6.45) is 0.831. The number of fused-ring (bicyclic) bond motifs is 1. The summed E-state index contributed by atoms with van der Waals surface area (Å²) in [6, 6.07) is 13.5. The highest BCUT2D eigenvalue weighted by atomic mass is 16.5. The summed E-state index contributed by atoms with van der Waals surface area (Å²) in [4.78, 5) is 12.5. The quantitative estimate of drug-likeness (QED) is 0.770. The van der Waals surface area contributed by atoms with Crippen molar-refractivity contribution < 1.29 is 14.7 Å². The highest BCUT2D eigenvalue weighted by Gasteiger charge is 2.47. The van der Waals surface area contributed by atoms with Crippen LogP contribution in [0, 0.1) is 0 Å². The number of esters is 1. The number of hydrogen-bond acceptors (Lipinski definition) is 3. The maximum absolute atomic E-state index is 12.5. The van der Waals surface area contributed by atoms with Gasteiger partial charge in [0.1, 0.15) is 6.10 Å². The zero-order valence-electron chi connectivity index (χ0n) is 14.7. The second-order valence-electron chi connectivity index (χ2n) is 7.92. The summed E-state index contributed by atoms with van der Waals surface area (Å²) < 4.78 is 5.74. The lowest BCUT2D eigenvalue weighted by Crippen LogP contribution is -2.60. The third kappa shape index (κ3) is 3.17. The monoisotopic (exact) mass is 326 g/mol. The van der Waals surface area contributed by atoms with Crippen molar-refractivity contribution in [1.29, 1.82) is 0 Å². The molecule has 0 N–H and O–H groups in total. The Morgan fingerprint density at radius 2 is 1.58 bits per heavy atom. The van der Waals surface area contributed by atoms with Crippen LogP contribution in [0.3, 0.4) is 0 Å². The fraction of sp³-hybridized carbons (Fsp3) is 0.450. The van der Waals surface area contributed by atoms with Crippen LogP contribution >= 0.6 is 0 Å². The van der Waals surface area contributed by atoms with E-state index in [1.807, 2.05) is 64.1 Å². The van der Waals surface area contributed by atoms with Gasteiger partial charge >= 0.3 is 5.97 Å². The van der Waals surface area contributed by atoms with Gasteiger partial charge in [0.25, 0.3) is 0 Å². The number of nitrogens with zero attached hydrogens (tertiary/aromatic N) is 1. The van der Waals surface area contributed by atoms with Gasteiger partial charge in [0.2, 0.25) is 0 Å². The highest BCUT2D eigenvalue weighted by Crippen LogP contribution is 2.38. The van der Waals surface area contributed by atoms with Gasteiger partial charge in [-0.2, -0.15) is 0 Å². The molecule has 24 heavy (non-hydrogen) atoms. The van der Waals surface area contributed by atoms with Crippen molar-refractivity contribution in [2.24, 2.45) is 0 Å². The molecule has 1 heterocycles. The van der Waals surface area contributed by atoms with E-state index in [0.29, 0.717) is 18.4 Å². The van der Waals surface area contributed by atoms with E-state index < -0.39 is 11.1 Å². The van der Waals surface area contributed by atoms with Crippen LogP contribution < -0.4 is 0 Å².